The van der Waals surface area contributed by atoms with Gasteiger partial charge >= 0.3 is 0 Å². The number of anilines is 1. The third-order valence-electron chi connectivity index (χ3n) is 5.23. The highest BCUT2D eigenvalue weighted by Gasteiger charge is 2.25. The maximum absolute atomic E-state index is 6.14. The van der Waals surface area contributed by atoms with Crippen molar-refractivity contribution in [2.45, 2.75) is 18.8 Å². The third kappa shape index (κ3) is 3.77. The van der Waals surface area contributed by atoms with Gasteiger partial charge in [0.15, 0.2) is 5.65 Å². The van der Waals surface area contributed by atoms with Gasteiger partial charge in [-0.2, -0.15) is 5.10 Å². The van der Waals surface area contributed by atoms with Gasteiger partial charge in [0.25, 0.3) is 0 Å². The number of fused-ring (bicyclic) bond motifs is 1. The van der Waals surface area contributed by atoms with Crippen molar-refractivity contribution < 1.29 is 0 Å². The third-order valence-corrected chi connectivity index (χ3v) is 5.97. The van der Waals surface area contributed by atoms with Crippen LogP contribution in [0.3, 0.4) is 0 Å². The van der Waals surface area contributed by atoms with Crippen LogP contribution in [0, 0.1) is 0 Å². The molecule has 0 unspecified atom stereocenters. The van der Waals surface area contributed by atoms with E-state index in [1.165, 1.54) is 0 Å². The normalized spacial score (nSPS) is 14.9. The number of nitrogens with one attached hydrogen (secondary N) is 2. The monoisotopic (exact) mass is 449 g/mol. The Hall–Kier alpha value is -2.35. The maximum atomic E-state index is 6.14. The van der Waals surface area contributed by atoms with Crippen LogP contribution in [0.2, 0.25) is 10.0 Å². The molecular formula is C19H18Cl3N7. The van der Waals surface area contributed by atoms with E-state index >= 15 is 0 Å². The average Bonchev–Trinajstić information content (AvgIpc) is 3.39. The van der Waals surface area contributed by atoms with E-state index in [0.717, 1.165) is 59.9 Å². The van der Waals surface area contributed by atoms with E-state index in [9.17, 15) is 0 Å². The van der Waals surface area contributed by atoms with E-state index in [1.54, 1.807) is 18.6 Å². The smallest absolute Gasteiger partial charge is 0.160 e. The van der Waals surface area contributed by atoms with Gasteiger partial charge in [0, 0.05) is 24.6 Å². The highest BCUT2D eigenvalue weighted by atomic mass is 35.5. The largest absolute Gasteiger partial charge is 0.356 e. The molecule has 3 aromatic heterocycles. The molecule has 2 N–H and O–H groups in total. The van der Waals surface area contributed by atoms with E-state index in [1.807, 2.05) is 18.3 Å². The van der Waals surface area contributed by atoms with Crippen molar-refractivity contribution in [3.63, 3.8) is 0 Å². The predicted molar refractivity (Wildman–Crippen MR) is 117 cm³/mol. The molecule has 1 aliphatic rings. The zero-order valence-corrected chi connectivity index (χ0v) is 17.6. The number of hydrogen-bond donors (Lipinski definition) is 2. The lowest BCUT2D eigenvalue weighted by Crippen LogP contribution is -2.33. The van der Waals surface area contributed by atoms with Gasteiger partial charge in [-0.15, -0.1) is 12.4 Å². The fourth-order valence-electron chi connectivity index (χ4n) is 3.72. The zero-order valence-electron chi connectivity index (χ0n) is 15.3. The summed E-state index contributed by atoms with van der Waals surface area (Å²) in [6, 6.07) is 5.60. The molecule has 4 heterocycles. The van der Waals surface area contributed by atoms with Gasteiger partial charge in [0.2, 0.25) is 0 Å². The van der Waals surface area contributed by atoms with Gasteiger partial charge in [-0.25, -0.2) is 15.0 Å². The van der Waals surface area contributed by atoms with Crippen molar-refractivity contribution in [3.05, 3.63) is 52.8 Å². The number of aromatic amines is 2. The molecule has 0 atom stereocenters. The summed E-state index contributed by atoms with van der Waals surface area (Å²) in [6.45, 7) is 1.82. The minimum absolute atomic E-state index is 0. The Morgan fingerprint density at radius 1 is 1.00 bits per heavy atom. The quantitative estimate of drug-likeness (QED) is 0.466. The SMILES string of the molecule is Cl.Clc1ccc(-c2cnc(C3CCN(c4ncnc5[nH]ncc45)CC3)[nH]2)cc1Cl. The van der Waals surface area contributed by atoms with Crippen LogP contribution in [-0.2, 0) is 0 Å². The fourth-order valence-corrected chi connectivity index (χ4v) is 4.02. The Bertz CT molecular complexity index is 1130. The molecule has 1 aliphatic heterocycles. The zero-order chi connectivity index (χ0) is 19.1. The van der Waals surface area contributed by atoms with Crippen LogP contribution in [-0.4, -0.2) is 43.2 Å². The highest BCUT2D eigenvalue weighted by molar-refractivity contribution is 6.42. The number of hydrogen-bond acceptors (Lipinski definition) is 5. The Morgan fingerprint density at radius 2 is 1.83 bits per heavy atom. The van der Waals surface area contributed by atoms with Crippen LogP contribution in [0.1, 0.15) is 24.6 Å². The number of aromatic nitrogens is 6. The molecule has 29 heavy (non-hydrogen) atoms. The summed E-state index contributed by atoms with van der Waals surface area (Å²) in [5.41, 5.74) is 2.70. The summed E-state index contributed by atoms with van der Waals surface area (Å²) in [5, 5.41) is 9.02. The predicted octanol–water partition coefficient (Wildman–Crippen LogP) is 4.86. The average molecular weight is 451 g/mol. The number of H-pyrrole nitrogens is 2. The standard InChI is InChI=1S/C19H17Cl2N7.ClH/c20-14-2-1-12(7-15(14)21)16-9-22-17(26-16)11-3-5-28(6-4-11)19-13-8-25-27-18(13)23-10-24-19;/h1-2,7-11H,3-6H2,(H,22,26)(H,23,24,25,27);1H. The van der Waals surface area contributed by atoms with Crippen molar-refractivity contribution in [1.82, 2.24) is 30.1 Å². The van der Waals surface area contributed by atoms with Crippen molar-refractivity contribution in [1.29, 1.82) is 0 Å². The van der Waals surface area contributed by atoms with E-state index in [4.69, 9.17) is 23.2 Å². The minimum atomic E-state index is 0. The van der Waals surface area contributed by atoms with E-state index in [-0.39, 0.29) is 12.4 Å². The van der Waals surface area contributed by atoms with Gasteiger partial charge in [-0.1, -0.05) is 29.3 Å². The lowest BCUT2D eigenvalue weighted by atomic mass is 9.96. The summed E-state index contributed by atoms with van der Waals surface area (Å²) in [7, 11) is 0. The van der Waals surface area contributed by atoms with E-state index in [2.05, 4.69) is 35.0 Å². The molecule has 4 aromatic rings. The first-order valence-electron chi connectivity index (χ1n) is 9.08. The van der Waals surface area contributed by atoms with Crippen LogP contribution in [0.4, 0.5) is 5.82 Å². The molecule has 10 heteroatoms. The summed E-state index contributed by atoms with van der Waals surface area (Å²) in [5.74, 6) is 2.33. The molecule has 0 aliphatic carbocycles. The molecule has 1 saturated heterocycles. The van der Waals surface area contributed by atoms with Crippen LogP contribution < -0.4 is 4.90 Å². The first-order chi connectivity index (χ1) is 13.7. The second kappa shape index (κ2) is 8.18. The molecule has 0 spiro atoms. The first kappa shape index (κ1) is 19.9. The lowest BCUT2D eigenvalue weighted by Gasteiger charge is -2.32. The number of rotatable bonds is 3. The number of benzene rings is 1. The van der Waals surface area contributed by atoms with Gasteiger partial charge in [0.1, 0.15) is 18.0 Å². The van der Waals surface area contributed by atoms with Gasteiger partial charge < -0.3 is 9.88 Å². The van der Waals surface area contributed by atoms with Gasteiger partial charge in [-0.05, 0) is 25.0 Å². The number of halogens is 3. The molecule has 7 nitrogen and oxygen atoms in total. The Morgan fingerprint density at radius 3 is 2.62 bits per heavy atom. The number of piperidine rings is 1. The van der Waals surface area contributed by atoms with Crippen molar-refractivity contribution >= 4 is 52.5 Å². The molecule has 1 aromatic carbocycles. The van der Waals surface area contributed by atoms with Crippen LogP contribution in [0.15, 0.2) is 36.9 Å². The topological polar surface area (TPSA) is 86.4 Å². The Labute approximate surface area is 183 Å². The van der Waals surface area contributed by atoms with E-state index in [0.29, 0.717) is 16.0 Å². The van der Waals surface area contributed by atoms with Crippen LogP contribution in [0.25, 0.3) is 22.3 Å². The van der Waals surface area contributed by atoms with Gasteiger partial charge in [-0.3, -0.25) is 5.10 Å². The van der Waals surface area contributed by atoms with Crippen LogP contribution in [0.5, 0.6) is 0 Å². The molecule has 0 saturated carbocycles. The molecule has 150 valence electrons. The van der Waals surface area contributed by atoms with Gasteiger partial charge in [0.05, 0.1) is 33.5 Å². The Balaban J connectivity index is 0.00000205. The molecule has 5 rings (SSSR count). The first-order valence-corrected chi connectivity index (χ1v) is 9.84. The Kier molecular flexibility index (Phi) is 5.63. The second-order valence-electron chi connectivity index (χ2n) is 6.90. The lowest BCUT2D eigenvalue weighted by molar-refractivity contribution is 0.487. The molecule has 0 amide bonds. The van der Waals surface area contributed by atoms with E-state index < -0.39 is 0 Å². The minimum Gasteiger partial charge on any atom is -0.356 e. The summed E-state index contributed by atoms with van der Waals surface area (Å²) >= 11 is 12.1. The van der Waals surface area contributed by atoms with Crippen molar-refractivity contribution in [3.8, 4) is 11.3 Å². The summed E-state index contributed by atoms with van der Waals surface area (Å²) < 4.78 is 0. The molecule has 0 bridgehead atoms. The number of nitrogens with zero attached hydrogens (tertiary/aromatic N) is 5. The maximum Gasteiger partial charge on any atom is 0.160 e. The van der Waals surface area contributed by atoms with Crippen LogP contribution >= 0.6 is 35.6 Å². The van der Waals surface area contributed by atoms with Crippen molar-refractivity contribution in [2.24, 2.45) is 0 Å². The number of imidazole rings is 1. The molecule has 1 fully saturated rings. The summed E-state index contributed by atoms with van der Waals surface area (Å²) in [6.07, 6.45) is 7.22. The summed E-state index contributed by atoms with van der Waals surface area (Å²) in [4.78, 5) is 19.0. The molecule has 0 radical (unpaired) electrons. The molecular weight excluding hydrogens is 433 g/mol. The second-order valence-corrected chi connectivity index (χ2v) is 7.72. The van der Waals surface area contributed by atoms with Crippen molar-refractivity contribution in [2.75, 3.05) is 18.0 Å². The fraction of sp³-hybridized carbons (Fsp3) is 0.263. The highest BCUT2D eigenvalue weighted by Crippen LogP contribution is 2.32.